The molecule has 1 aliphatic heterocycles. The predicted molar refractivity (Wildman–Crippen MR) is 100 cm³/mol. The molecule has 6 nitrogen and oxygen atoms in total. The molecule has 1 aromatic rings. The Bertz CT molecular complexity index is 630. The lowest BCUT2D eigenvalue weighted by atomic mass is 9.88. The SMILES string of the molecule is CC1OC(c2ccncc2[N+](=O)[O-])CC(O[Si](C)(C)C(C)(C)C)C1C. The van der Waals surface area contributed by atoms with Crippen molar-refractivity contribution in [2.75, 3.05) is 0 Å². The van der Waals surface area contributed by atoms with Crippen LogP contribution in [0.25, 0.3) is 0 Å². The molecule has 0 aromatic carbocycles. The van der Waals surface area contributed by atoms with Crippen molar-refractivity contribution < 1.29 is 14.1 Å². The molecule has 1 fully saturated rings. The van der Waals surface area contributed by atoms with Crippen LogP contribution in [-0.2, 0) is 9.16 Å². The molecule has 4 atom stereocenters. The monoisotopic (exact) mass is 366 g/mol. The van der Waals surface area contributed by atoms with Gasteiger partial charge in [-0.15, -0.1) is 0 Å². The Morgan fingerprint density at radius 3 is 2.56 bits per heavy atom. The van der Waals surface area contributed by atoms with Crippen molar-refractivity contribution in [3.05, 3.63) is 34.1 Å². The Hall–Kier alpha value is -1.31. The van der Waals surface area contributed by atoms with E-state index in [9.17, 15) is 10.1 Å². The van der Waals surface area contributed by atoms with Gasteiger partial charge >= 0.3 is 0 Å². The number of hydrogen-bond donors (Lipinski definition) is 0. The zero-order valence-electron chi connectivity index (χ0n) is 16.3. The van der Waals surface area contributed by atoms with E-state index in [1.165, 1.54) is 6.20 Å². The molecule has 0 aliphatic carbocycles. The van der Waals surface area contributed by atoms with E-state index >= 15 is 0 Å². The second kappa shape index (κ2) is 7.13. The molecule has 140 valence electrons. The van der Waals surface area contributed by atoms with Crippen molar-refractivity contribution >= 4 is 14.0 Å². The van der Waals surface area contributed by atoms with Gasteiger partial charge in [-0.05, 0) is 31.1 Å². The zero-order chi connectivity index (χ0) is 19.0. The van der Waals surface area contributed by atoms with Gasteiger partial charge in [-0.2, -0.15) is 0 Å². The van der Waals surface area contributed by atoms with E-state index < -0.39 is 13.2 Å². The highest BCUT2D eigenvalue weighted by atomic mass is 28.4. The number of aromatic nitrogens is 1. The van der Waals surface area contributed by atoms with Crippen LogP contribution in [0.15, 0.2) is 18.5 Å². The van der Waals surface area contributed by atoms with Crippen LogP contribution in [0.3, 0.4) is 0 Å². The molecular weight excluding hydrogens is 336 g/mol. The molecule has 2 heterocycles. The van der Waals surface area contributed by atoms with Crippen molar-refractivity contribution in [3.63, 3.8) is 0 Å². The summed E-state index contributed by atoms with van der Waals surface area (Å²) in [6, 6.07) is 1.69. The van der Waals surface area contributed by atoms with Crippen molar-refractivity contribution in [3.8, 4) is 0 Å². The van der Waals surface area contributed by atoms with Gasteiger partial charge in [0.1, 0.15) is 6.20 Å². The molecule has 0 bridgehead atoms. The summed E-state index contributed by atoms with van der Waals surface area (Å²) in [4.78, 5) is 14.8. The van der Waals surface area contributed by atoms with Gasteiger partial charge in [-0.25, -0.2) is 0 Å². The fourth-order valence-corrected chi connectivity index (χ4v) is 4.32. The van der Waals surface area contributed by atoms with Crippen molar-refractivity contribution in [1.29, 1.82) is 0 Å². The number of rotatable bonds is 4. The summed E-state index contributed by atoms with van der Waals surface area (Å²) >= 11 is 0. The van der Waals surface area contributed by atoms with Gasteiger partial charge in [0.15, 0.2) is 8.32 Å². The molecule has 4 unspecified atom stereocenters. The number of nitro groups is 1. The first-order valence-corrected chi connectivity index (χ1v) is 11.8. The van der Waals surface area contributed by atoms with Gasteiger partial charge in [0.25, 0.3) is 5.69 Å². The average Bonchev–Trinajstić information content (AvgIpc) is 2.50. The minimum absolute atomic E-state index is 0.0142. The van der Waals surface area contributed by atoms with E-state index in [2.05, 4.69) is 45.8 Å². The van der Waals surface area contributed by atoms with Crippen LogP contribution in [0.2, 0.25) is 18.1 Å². The summed E-state index contributed by atoms with van der Waals surface area (Å²) in [5.41, 5.74) is 0.600. The number of ether oxygens (including phenoxy) is 1. The Morgan fingerprint density at radius 1 is 1.36 bits per heavy atom. The number of hydrogen-bond acceptors (Lipinski definition) is 5. The van der Waals surface area contributed by atoms with Crippen LogP contribution in [0.4, 0.5) is 5.69 Å². The largest absolute Gasteiger partial charge is 0.413 e. The van der Waals surface area contributed by atoms with Gasteiger partial charge in [0.05, 0.1) is 28.8 Å². The molecule has 0 spiro atoms. The van der Waals surface area contributed by atoms with Crippen LogP contribution < -0.4 is 0 Å². The van der Waals surface area contributed by atoms with Gasteiger partial charge in [-0.3, -0.25) is 15.1 Å². The van der Waals surface area contributed by atoms with Gasteiger partial charge < -0.3 is 9.16 Å². The topological polar surface area (TPSA) is 74.5 Å². The molecule has 0 saturated carbocycles. The van der Waals surface area contributed by atoms with Crippen LogP contribution >= 0.6 is 0 Å². The molecule has 0 N–H and O–H groups in total. The molecule has 0 amide bonds. The molecule has 1 saturated heterocycles. The number of pyridine rings is 1. The molecule has 25 heavy (non-hydrogen) atoms. The average molecular weight is 367 g/mol. The summed E-state index contributed by atoms with van der Waals surface area (Å²) in [6.45, 7) is 15.3. The maximum atomic E-state index is 11.3. The normalized spacial score (nSPS) is 28.0. The van der Waals surface area contributed by atoms with Crippen LogP contribution in [0.5, 0.6) is 0 Å². The van der Waals surface area contributed by atoms with Crippen molar-refractivity contribution in [2.45, 2.75) is 77.5 Å². The van der Waals surface area contributed by atoms with Gasteiger partial charge in [0, 0.05) is 18.5 Å². The lowest BCUT2D eigenvalue weighted by molar-refractivity contribution is -0.386. The standard InChI is InChI=1S/C18H30N2O4Si/c1-12-13(2)23-17(14-8-9-19-11-15(14)20(21)22)10-16(12)24-25(6,7)18(3,4)5/h8-9,11-13,16-17H,10H2,1-7H3. The Balaban J connectivity index is 2.29. The Labute approximate surface area is 151 Å². The first-order chi connectivity index (χ1) is 11.4. The number of nitrogens with zero attached hydrogens (tertiary/aromatic N) is 2. The van der Waals surface area contributed by atoms with E-state index in [1.54, 1.807) is 12.3 Å². The van der Waals surface area contributed by atoms with Gasteiger partial charge in [-0.1, -0.05) is 27.7 Å². The van der Waals surface area contributed by atoms with E-state index in [1.807, 2.05) is 6.92 Å². The third-order valence-electron chi connectivity index (χ3n) is 5.78. The summed E-state index contributed by atoms with van der Waals surface area (Å²) < 4.78 is 12.8. The highest BCUT2D eigenvalue weighted by Gasteiger charge is 2.44. The van der Waals surface area contributed by atoms with Crippen LogP contribution in [-0.4, -0.2) is 30.4 Å². The summed E-state index contributed by atoms with van der Waals surface area (Å²) in [5, 5.41) is 11.5. The van der Waals surface area contributed by atoms with E-state index in [0.717, 1.165) is 0 Å². The first-order valence-electron chi connectivity index (χ1n) is 8.85. The maximum absolute atomic E-state index is 11.3. The minimum atomic E-state index is -1.93. The second-order valence-corrected chi connectivity index (χ2v) is 13.3. The quantitative estimate of drug-likeness (QED) is 0.432. The van der Waals surface area contributed by atoms with Crippen molar-refractivity contribution in [2.24, 2.45) is 5.92 Å². The van der Waals surface area contributed by atoms with Crippen LogP contribution in [0.1, 0.15) is 52.7 Å². The highest BCUT2D eigenvalue weighted by Crippen LogP contribution is 2.43. The van der Waals surface area contributed by atoms with E-state index in [0.29, 0.717) is 12.0 Å². The molecule has 1 aliphatic rings. The minimum Gasteiger partial charge on any atom is -0.413 e. The highest BCUT2D eigenvalue weighted by molar-refractivity contribution is 6.74. The van der Waals surface area contributed by atoms with Gasteiger partial charge in [0.2, 0.25) is 0 Å². The lowest BCUT2D eigenvalue weighted by Crippen LogP contribution is -2.49. The fourth-order valence-electron chi connectivity index (χ4n) is 2.90. The second-order valence-electron chi connectivity index (χ2n) is 8.53. The summed E-state index contributed by atoms with van der Waals surface area (Å²) in [5.74, 6) is 0.242. The fraction of sp³-hybridized carbons (Fsp3) is 0.722. The summed E-state index contributed by atoms with van der Waals surface area (Å²) in [6.07, 6.45) is 3.17. The predicted octanol–water partition coefficient (Wildman–Crippen LogP) is 4.87. The third-order valence-corrected chi connectivity index (χ3v) is 10.3. The smallest absolute Gasteiger partial charge is 0.293 e. The zero-order valence-corrected chi connectivity index (χ0v) is 17.3. The molecule has 2 rings (SSSR count). The van der Waals surface area contributed by atoms with E-state index in [-0.39, 0.29) is 35.0 Å². The molecule has 7 heteroatoms. The summed E-state index contributed by atoms with van der Waals surface area (Å²) in [7, 11) is -1.93. The Kier molecular flexibility index (Phi) is 5.70. The van der Waals surface area contributed by atoms with Crippen LogP contribution in [0, 0.1) is 16.0 Å². The maximum Gasteiger partial charge on any atom is 0.293 e. The molecule has 1 aromatic heterocycles. The Morgan fingerprint density at radius 2 is 2.00 bits per heavy atom. The van der Waals surface area contributed by atoms with E-state index in [4.69, 9.17) is 9.16 Å². The lowest BCUT2D eigenvalue weighted by Gasteiger charge is -2.45. The van der Waals surface area contributed by atoms with Crippen molar-refractivity contribution in [1.82, 2.24) is 4.98 Å². The third kappa shape index (κ3) is 4.27. The first kappa shape index (κ1) is 20.0. The molecular formula is C18H30N2O4Si. The molecule has 0 radical (unpaired) electrons.